The van der Waals surface area contributed by atoms with Gasteiger partial charge in [-0.2, -0.15) is 0 Å². The number of phenolic OH excluding ortho intramolecular Hbond substituents is 1. The van der Waals surface area contributed by atoms with Gasteiger partial charge in [0.15, 0.2) is 5.78 Å². The highest BCUT2D eigenvalue weighted by atomic mass is 16.6. The van der Waals surface area contributed by atoms with E-state index in [0.717, 1.165) is 0 Å². The van der Waals surface area contributed by atoms with E-state index in [1.54, 1.807) is 27.7 Å². The number of anilines is 1. The number of hydrogen-bond acceptors (Lipinski definition) is 5. The van der Waals surface area contributed by atoms with Crippen molar-refractivity contribution in [2.75, 3.05) is 5.32 Å². The van der Waals surface area contributed by atoms with Crippen molar-refractivity contribution in [2.45, 2.75) is 39.3 Å². The Morgan fingerprint density at radius 1 is 1.35 bits per heavy atom. The van der Waals surface area contributed by atoms with Gasteiger partial charge >= 0.3 is 6.09 Å². The van der Waals surface area contributed by atoms with E-state index in [1.165, 1.54) is 18.2 Å². The molecule has 20 heavy (non-hydrogen) atoms. The van der Waals surface area contributed by atoms with Gasteiger partial charge in [-0.3, -0.25) is 10.1 Å². The van der Waals surface area contributed by atoms with Crippen molar-refractivity contribution in [1.82, 2.24) is 0 Å². The summed E-state index contributed by atoms with van der Waals surface area (Å²) in [5, 5.41) is 12.1. The molecule has 0 saturated heterocycles. The molecule has 1 unspecified atom stereocenters. The van der Waals surface area contributed by atoms with Crippen molar-refractivity contribution in [2.24, 2.45) is 5.73 Å². The summed E-state index contributed by atoms with van der Waals surface area (Å²) in [6.07, 6.45) is -0.710. The first-order valence-electron chi connectivity index (χ1n) is 6.23. The quantitative estimate of drug-likeness (QED) is 0.582. The second kappa shape index (κ2) is 5.92. The molecule has 0 aliphatic rings. The van der Waals surface area contributed by atoms with Gasteiger partial charge in [-0.1, -0.05) is 0 Å². The van der Waals surface area contributed by atoms with Gasteiger partial charge in [-0.25, -0.2) is 4.79 Å². The third-order valence-corrected chi connectivity index (χ3v) is 2.33. The first-order chi connectivity index (χ1) is 9.10. The average Bonchev–Trinajstić information content (AvgIpc) is 2.28. The lowest BCUT2D eigenvalue weighted by atomic mass is 10.1. The van der Waals surface area contributed by atoms with Gasteiger partial charge in [0.2, 0.25) is 0 Å². The van der Waals surface area contributed by atoms with Gasteiger partial charge in [0.1, 0.15) is 11.4 Å². The maximum atomic E-state index is 11.8. The van der Waals surface area contributed by atoms with Gasteiger partial charge in [0.25, 0.3) is 0 Å². The van der Waals surface area contributed by atoms with Crippen LogP contribution < -0.4 is 11.1 Å². The lowest BCUT2D eigenvalue weighted by Crippen LogP contribution is -2.28. The second-order valence-electron chi connectivity index (χ2n) is 5.51. The molecule has 0 aliphatic heterocycles. The molecule has 6 nitrogen and oxygen atoms in total. The van der Waals surface area contributed by atoms with E-state index in [4.69, 9.17) is 10.5 Å². The SMILES string of the molecule is CC(N)C(=O)c1ccc(O)c(NC(=O)OC(C)(C)C)c1. The first-order valence-corrected chi connectivity index (χ1v) is 6.23. The van der Waals surface area contributed by atoms with E-state index in [-0.39, 0.29) is 17.2 Å². The molecule has 0 aromatic heterocycles. The van der Waals surface area contributed by atoms with E-state index in [1.807, 2.05) is 0 Å². The number of hydrogen-bond donors (Lipinski definition) is 3. The Hall–Kier alpha value is -2.08. The highest BCUT2D eigenvalue weighted by Gasteiger charge is 2.18. The smallest absolute Gasteiger partial charge is 0.412 e. The molecule has 1 atom stereocenters. The van der Waals surface area contributed by atoms with Crippen LogP contribution in [0.2, 0.25) is 0 Å². The lowest BCUT2D eigenvalue weighted by Gasteiger charge is -2.20. The number of ether oxygens (including phenoxy) is 1. The van der Waals surface area contributed by atoms with E-state index in [0.29, 0.717) is 5.56 Å². The first kappa shape index (κ1) is 16.0. The van der Waals surface area contributed by atoms with E-state index >= 15 is 0 Å². The Bertz CT molecular complexity index is 518. The number of aromatic hydroxyl groups is 1. The number of phenols is 1. The molecule has 0 fully saturated rings. The number of nitrogens with two attached hydrogens (primary N) is 1. The Labute approximate surface area is 117 Å². The van der Waals surface area contributed by atoms with Crippen LogP contribution >= 0.6 is 0 Å². The zero-order valence-corrected chi connectivity index (χ0v) is 12.1. The van der Waals surface area contributed by atoms with Crippen molar-refractivity contribution < 1.29 is 19.4 Å². The number of carbonyl (C=O) groups is 2. The molecule has 110 valence electrons. The van der Waals surface area contributed by atoms with Crippen LogP contribution in [0.3, 0.4) is 0 Å². The third kappa shape index (κ3) is 4.55. The van der Waals surface area contributed by atoms with E-state index < -0.39 is 17.7 Å². The molecule has 6 heteroatoms. The number of ketones is 1. The minimum Gasteiger partial charge on any atom is -0.506 e. The van der Waals surface area contributed by atoms with Crippen LogP contribution in [-0.2, 0) is 4.74 Å². The van der Waals surface area contributed by atoms with Crippen LogP contribution in [0.25, 0.3) is 0 Å². The number of amides is 1. The summed E-state index contributed by atoms with van der Waals surface area (Å²) in [4.78, 5) is 23.4. The minimum atomic E-state index is -0.710. The fourth-order valence-corrected chi connectivity index (χ4v) is 1.47. The Morgan fingerprint density at radius 3 is 2.45 bits per heavy atom. The summed E-state index contributed by atoms with van der Waals surface area (Å²) in [6.45, 7) is 6.74. The highest BCUT2D eigenvalue weighted by Crippen LogP contribution is 2.25. The number of rotatable bonds is 3. The third-order valence-electron chi connectivity index (χ3n) is 2.33. The van der Waals surface area contributed by atoms with Crippen molar-refractivity contribution in [3.05, 3.63) is 23.8 Å². The monoisotopic (exact) mass is 280 g/mol. The van der Waals surface area contributed by atoms with Crippen molar-refractivity contribution in [3.63, 3.8) is 0 Å². The summed E-state index contributed by atoms with van der Waals surface area (Å²) in [5.74, 6) is -0.436. The van der Waals surface area contributed by atoms with Crippen LogP contribution in [0.5, 0.6) is 5.75 Å². The molecular weight excluding hydrogens is 260 g/mol. The fraction of sp³-hybridized carbons (Fsp3) is 0.429. The molecule has 1 amide bonds. The average molecular weight is 280 g/mol. The topological polar surface area (TPSA) is 102 Å². The Kier molecular flexibility index (Phi) is 4.73. The molecule has 1 aromatic carbocycles. The fourth-order valence-electron chi connectivity index (χ4n) is 1.47. The summed E-state index contributed by atoms with van der Waals surface area (Å²) in [7, 11) is 0. The predicted molar refractivity (Wildman–Crippen MR) is 75.9 cm³/mol. The van der Waals surface area contributed by atoms with Gasteiger partial charge in [0, 0.05) is 5.56 Å². The molecule has 0 spiro atoms. The minimum absolute atomic E-state index is 0.103. The molecule has 0 bridgehead atoms. The summed E-state index contributed by atoms with van der Waals surface area (Å²) >= 11 is 0. The number of nitrogens with one attached hydrogen (secondary N) is 1. The molecule has 0 saturated carbocycles. The highest BCUT2D eigenvalue weighted by molar-refractivity contribution is 6.01. The molecule has 4 N–H and O–H groups in total. The van der Waals surface area contributed by atoms with Gasteiger partial charge in [-0.05, 0) is 45.9 Å². The molecular formula is C14H20N2O4. The van der Waals surface area contributed by atoms with Crippen LogP contribution in [-0.4, -0.2) is 28.6 Å². The molecule has 0 radical (unpaired) electrons. The molecule has 1 rings (SSSR count). The summed E-state index contributed by atoms with van der Waals surface area (Å²) < 4.78 is 5.07. The van der Waals surface area contributed by atoms with Gasteiger partial charge < -0.3 is 15.6 Å². The molecule has 1 aromatic rings. The molecule has 0 heterocycles. The van der Waals surface area contributed by atoms with Crippen molar-refractivity contribution in [3.8, 4) is 5.75 Å². The zero-order chi connectivity index (χ0) is 15.5. The zero-order valence-electron chi connectivity index (χ0n) is 12.1. The number of Topliss-reactive ketones (excluding diaryl/α,β-unsaturated/α-hetero) is 1. The normalized spacial score (nSPS) is 12.7. The van der Waals surface area contributed by atoms with Crippen LogP contribution in [0, 0.1) is 0 Å². The standard InChI is InChI=1S/C14H20N2O4/c1-8(15)12(18)9-5-6-11(17)10(7-9)16-13(19)20-14(2,3)4/h5-8,17H,15H2,1-4H3,(H,16,19). The Balaban J connectivity index is 2.93. The van der Waals surface area contributed by atoms with Crippen LogP contribution in [0.1, 0.15) is 38.1 Å². The number of benzene rings is 1. The van der Waals surface area contributed by atoms with Crippen molar-refractivity contribution >= 4 is 17.6 Å². The van der Waals surface area contributed by atoms with E-state index in [2.05, 4.69) is 5.32 Å². The predicted octanol–water partition coefficient (Wildman–Crippen LogP) is 2.27. The van der Waals surface area contributed by atoms with Crippen LogP contribution in [0.15, 0.2) is 18.2 Å². The van der Waals surface area contributed by atoms with Gasteiger partial charge in [0.05, 0.1) is 11.7 Å². The Morgan fingerprint density at radius 2 is 1.95 bits per heavy atom. The maximum absolute atomic E-state index is 11.8. The summed E-state index contributed by atoms with van der Waals surface area (Å²) in [6, 6.07) is 3.48. The number of carbonyl (C=O) groups excluding carboxylic acids is 2. The van der Waals surface area contributed by atoms with Gasteiger partial charge in [-0.15, -0.1) is 0 Å². The lowest BCUT2D eigenvalue weighted by molar-refractivity contribution is 0.0635. The second-order valence-corrected chi connectivity index (χ2v) is 5.51. The van der Waals surface area contributed by atoms with Crippen LogP contribution in [0.4, 0.5) is 10.5 Å². The maximum Gasteiger partial charge on any atom is 0.412 e. The molecule has 0 aliphatic carbocycles. The van der Waals surface area contributed by atoms with E-state index in [9.17, 15) is 14.7 Å². The largest absolute Gasteiger partial charge is 0.506 e. The summed E-state index contributed by atoms with van der Waals surface area (Å²) in [5.41, 5.74) is 5.27. The van der Waals surface area contributed by atoms with Crippen molar-refractivity contribution in [1.29, 1.82) is 0 Å².